The molecule has 1 aliphatic carbocycles. The first-order valence-electron chi connectivity index (χ1n) is 11.5. The summed E-state index contributed by atoms with van der Waals surface area (Å²) in [5, 5.41) is 6.49. The molecule has 2 saturated heterocycles. The summed E-state index contributed by atoms with van der Waals surface area (Å²) in [6.07, 6.45) is 3.11. The average Bonchev–Trinajstić information content (AvgIpc) is 3.50. The van der Waals surface area contributed by atoms with Gasteiger partial charge in [0, 0.05) is 37.4 Å². The van der Waals surface area contributed by atoms with E-state index in [0.29, 0.717) is 40.1 Å². The van der Waals surface area contributed by atoms with E-state index in [4.69, 9.17) is 5.73 Å². The molecule has 34 heavy (non-hydrogen) atoms. The molecule has 3 unspecified atom stereocenters. The summed E-state index contributed by atoms with van der Waals surface area (Å²) in [5.74, 6) is -1.94. The molecule has 0 spiro atoms. The van der Waals surface area contributed by atoms with Crippen molar-refractivity contribution in [1.82, 2.24) is 25.6 Å². The fraction of sp³-hybridized carbons (Fsp3) is 0.478. The average molecular weight is 486 g/mol. The van der Waals surface area contributed by atoms with Crippen LogP contribution in [-0.2, 0) is 12.3 Å². The first kappa shape index (κ1) is 21.6. The van der Waals surface area contributed by atoms with Crippen LogP contribution >= 0.6 is 11.3 Å². The molecule has 3 aromatic heterocycles. The van der Waals surface area contributed by atoms with Gasteiger partial charge >= 0.3 is 0 Å². The lowest BCUT2D eigenvalue weighted by Gasteiger charge is -2.34. The van der Waals surface area contributed by atoms with E-state index in [1.807, 2.05) is 0 Å². The molecule has 8 nitrogen and oxygen atoms in total. The lowest BCUT2D eigenvalue weighted by atomic mass is 9.88. The number of aryl methyl sites for hydroxylation is 2. The van der Waals surface area contributed by atoms with E-state index in [0.717, 1.165) is 43.2 Å². The maximum Gasteiger partial charge on any atom is 0.294 e. The molecule has 3 aliphatic rings. The number of nitrogens with zero attached hydrogens (tertiary/aromatic N) is 4. The fourth-order valence-electron chi connectivity index (χ4n) is 5.47. The quantitative estimate of drug-likeness (QED) is 0.523. The Morgan fingerprint density at radius 3 is 3.00 bits per heavy atom. The van der Waals surface area contributed by atoms with Gasteiger partial charge in [0.1, 0.15) is 21.3 Å². The van der Waals surface area contributed by atoms with Crippen LogP contribution in [0.15, 0.2) is 18.3 Å². The number of carbonyl (C=O) groups is 1. The van der Waals surface area contributed by atoms with E-state index in [9.17, 15) is 4.79 Å². The summed E-state index contributed by atoms with van der Waals surface area (Å²) >= 11 is 1.09. The predicted molar refractivity (Wildman–Crippen MR) is 126 cm³/mol. The molecular formula is C23H25F2N7OS. The number of amides is 1. The number of nitrogens with one attached hydrogen (secondary N) is 2. The Morgan fingerprint density at radius 2 is 2.15 bits per heavy atom. The third-order valence-electron chi connectivity index (χ3n) is 7.28. The highest BCUT2D eigenvalue weighted by atomic mass is 32.1. The zero-order valence-electron chi connectivity index (χ0n) is 18.6. The lowest BCUT2D eigenvalue weighted by Crippen LogP contribution is -2.49. The van der Waals surface area contributed by atoms with Crippen molar-refractivity contribution in [3.8, 4) is 0 Å². The van der Waals surface area contributed by atoms with E-state index in [1.54, 1.807) is 19.2 Å². The number of nitrogens with two attached hydrogens (primary N) is 1. The molecule has 3 aromatic rings. The normalized spacial score (nSPS) is 25.4. The number of fused-ring (bicyclic) bond motifs is 3. The fourth-order valence-corrected chi connectivity index (χ4v) is 6.48. The summed E-state index contributed by atoms with van der Waals surface area (Å²) in [7, 11) is 0. The van der Waals surface area contributed by atoms with Crippen molar-refractivity contribution >= 4 is 39.0 Å². The maximum atomic E-state index is 15.5. The van der Waals surface area contributed by atoms with E-state index < -0.39 is 17.9 Å². The third kappa shape index (κ3) is 3.32. The molecule has 6 rings (SSSR count). The molecule has 1 amide bonds. The standard InChI is InChI=1S/C23H25F2N7OS/c1-11-28-9-13-19(26)20(34-22(13)29-11)21(33)31-17-4-3-15-14(23(17,24)25)2-5-18(30-15)32-7-6-12-8-27-10-16(12)32/h2,5,9,12,16-17,27H,3-4,6-8,10,26H2,1H3,(H,31,33). The molecule has 3 atom stereocenters. The number of aromatic nitrogens is 3. The van der Waals surface area contributed by atoms with E-state index in [2.05, 4.69) is 30.5 Å². The smallest absolute Gasteiger partial charge is 0.294 e. The van der Waals surface area contributed by atoms with Crippen molar-refractivity contribution in [2.45, 2.75) is 44.2 Å². The van der Waals surface area contributed by atoms with Gasteiger partial charge in [-0.2, -0.15) is 8.78 Å². The van der Waals surface area contributed by atoms with E-state index >= 15 is 8.78 Å². The van der Waals surface area contributed by atoms with Crippen molar-refractivity contribution in [3.05, 3.63) is 40.3 Å². The van der Waals surface area contributed by atoms with Gasteiger partial charge in [-0.1, -0.05) is 0 Å². The number of pyridine rings is 1. The van der Waals surface area contributed by atoms with Gasteiger partial charge in [-0.05, 0) is 44.2 Å². The number of rotatable bonds is 3. The van der Waals surface area contributed by atoms with Gasteiger partial charge in [0.2, 0.25) is 0 Å². The first-order valence-corrected chi connectivity index (χ1v) is 12.3. The Kier molecular flexibility index (Phi) is 4.96. The lowest BCUT2D eigenvalue weighted by molar-refractivity contribution is -0.0509. The topological polar surface area (TPSA) is 109 Å². The van der Waals surface area contributed by atoms with Crippen LogP contribution in [0.1, 0.15) is 39.6 Å². The van der Waals surface area contributed by atoms with E-state index in [1.165, 1.54) is 6.07 Å². The largest absolute Gasteiger partial charge is 0.397 e. The highest BCUT2D eigenvalue weighted by Gasteiger charge is 2.48. The van der Waals surface area contributed by atoms with Crippen molar-refractivity contribution in [2.75, 3.05) is 30.3 Å². The number of hydrogen-bond donors (Lipinski definition) is 3. The Labute approximate surface area is 199 Å². The van der Waals surface area contributed by atoms with Crippen LogP contribution < -0.4 is 21.3 Å². The van der Waals surface area contributed by atoms with Crippen LogP contribution in [0.25, 0.3) is 10.2 Å². The summed E-state index contributed by atoms with van der Waals surface area (Å²) in [6.45, 7) is 4.54. The minimum Gasteiger partial charge on any atom is -0.397 e. The molecule has 2 fully saturated rings. The summed E-state index contributed by atoms with van der Waals surface area (Å²) < 4.78 is 31.0. The van der Waals surface area contributed by atoms with E-state index in [-0.39, 0.29) is 22.5 Å². The molecule has 0 radical (unpaired) electrons. The van der Waals surface area contributed by atoms with Gasteiger partial charge in [0.15, 0.2) is 0 Å². The number of halogens is 2. The maximum absolute atomic E-state index is 15.5. The number of thiophene rings is 1. The second kappa shape index (κ2) is 7.81. The first-order chi connectivity index (χ1) is 16.3. The molecule has 2 aliphatic heterocycles. The zero-order valence-corrected chi connectivity index (χ0v) is 19.5. The number of nitrogen functional groups attached to an aromatic ring is 1. The Hall–Kier alpha value is -2.92. The minimum absolute atomic E-state index is 0.0967. The molecule has 0 saturated carbocycles. The highest BCUT2D eigenvalue weighted by molar-refractivity contribution is 7.21. The molecule has 5 heterocycles. The third-order valence-corrected chi connectivity index (χ3v) is 8.40. The highest BCUT2D eigenvalue weighted by Crippen LogP contribution is 2.42. The Bertz CT molecular complexity index is 1300. The minimum atomic E-state index is -3.24. The second-order valence-electron chi connectivity index (χ2n) is 9.30. The SMILES string of the molecule is Cc1ncc2c(N)c(C(=O)NC3CCc4nc(N5CCC6CNCC65)ccc4C3(F)F)sc2n1. The summed E-state index contributed by atoms with van der Waals surface area (Å²) in [4.78, 5) is 29.0. The molecule has 0 aromatic carbocycles. The van der Waals surface area contributed by atoms with Crippen LogP contribution in [0.4, 0.5) is 20.3 Å². The second-order valence-corrected chi connectivity index (χ2v) is 10.3. The molecular weight excluding hydrogens is 460 g/mol. The van der Waals surface area contributed by atoms with Crippen LogP contribution in [0, 0.1) is 12.8 Å². The summed E-state index contributed by atoms with van der Waals surface area (Å²) in [6, 6.07) is 2.22. The van der Waals surface area contributed by atoms with Gasteiger partial charge in [-0.15, -0.1) is 11.3 Å². The number of hydrogen-bond acceptors (Lipinski definition) is 8. The Balaban J connectivity index is 1.24. The van der Waals surface area contributed by atoms with Crippen molar-refractivity contribution in [3.63, 3.8) is 0 Å². The van der Waals surface area contributed by atoms with Crippen molar-refractivity contribution < 1.29 is 13.6 Å². The van der Waals surface area contributed by atoms with Crippen LogP contribution in [0.2, 0.25) is 0 Å². The summed E-state index contributed by atoms with van der Waals surface area (Å²) in [5.41, 5.74) is 6.63. The van der Waals surface area contributed by atoms with Gasteiger partial charge in [0.25, 0.3) is 11.8 Å². The number of alkyl halides is 2. The molecule has 11 heteroatoms. The van der Waals surface area contributed by atoms with Gasteiger partial charge in [0.05, 0.1) is 22.8 Å². The van der Waals surface area contributed by atoms with Crippen LogP contribution in [0.5, 0.6) is 0 Å². The van der Waals surface area contributed by atoms with Crippen LogP contribution in [0.3, 0.4) is 0 Å². The number of carbonyl (C=O) groups excluding carboxylic acids is 1. The molecule has 4 N–H and O–H groups in total. The number of anilines is 2. The van der Waals surface area contributed by atoms with Gasteiger partial charge in [-0.3, -0.25) is 4.79 Å². The zero-order chi connectivity index (χ0) is 23.6. The Morgan fingerprint density at radius 1 is 1.29 bits per heavy atom. The van der Waals surface area contributed by atoms with Crippen LogP contribution in [-0.4, -0.2) is 52.6 Å². The van der Waals surface area contributed by atoms with Crippen molar-refractivity contribution in [1.29, 1.82) is 0 Å². The monoisotopic (exact) mass is 485 g/mol. The van der Waals surface area contributed by atoms with Crippen molar-refractivity contribution in [2.24, 2.45) is 5.92 Å². The molecule has 0 bridgehead atoms. The van der Waals surface area contributed by atoms with Gasteiger partial charge in [-0.25, -0.2) is 15.0 Å². The molecule has 178 valence electrons. The predicted octanol–water partition coefficient (Wildman–Crippen LogP) is 2.61. The van der Waals surface area contributed by atoms with Gasteiger partial charge < -0.3 is 21.3 Å².